The summed E-state index contributed by atoms with van der Waals surface area (Å²) in [6, 6.07) is 0. The van der Waals surface area contributed by atoms with Gasteiger partial charge in [-0.25, -0.2) is 0 Å². The molecular weight excluding hydrogens is 276 g/mol. The average Bonchev–Trinajstić information content (AvgIpc) is 2.57. The van der Waals surface area contributed by atoms with Crippen LogP contribution in [0.1, 0.15) is 129 Å². The molecule has 0 heterocycles. The molecule has 0 spiro atoms. The Balaban J connectivity index is 3.07. The zero-order valence-electron chi connectivity index (χ0n) is 16.4. The summed E-state index contributed by atoms with van der Waals surface area (Å²) in [6.07, 6.45) is 26.7. The highest BCUT2D eigenvalue weighted by atomic mass is 14.1. The van der Waals surface area contributed by atoms with Crippen LogP contribution in [0.5, 0.6) is 0 Å². The summed E-state index contributed by atoms with van der Waals surface area (Å²) >= 11 is 0. The Hall–Kier alpha value is 0. The summed E-state index contributed by atoms with van der Waals surface area (Å²) in [7, 11) is 0. The molecule has 1 atom stereocenters. The van der Waals surface area contributed by atoms with Gasteiger partial charge < -0.3 is 0 Å². The van der Waals surface area contributed by atoms with Crippen molar-refractivity contribution >= 4 is 0 Å². The van der Waals surface area contributed by atoms with Crippen molar-refractivity contribution in [3.8, 4) is 0 Å². The van der Waals surface area contributed by atoms with E-state index in [4.69, 9.17) is 0 Å². The first kappa shape index (κ1) is 23.0. The normalized spacial score (nSPS) is 12.7. The van der Waals surface area contributed by atoms with Crippen LogP contribution in [0.4, 0.5) is 0 Å². The van der Waals surface area contributed by atoms with Crippen molar-refractivity contribution in [1.82, 2.24) is 0 Å². The summed E-state index contributed by atoms with van der Waals surface area (Å²) in [4.78, 5) is 0. The molecule has 138 valence electrons. The van der Waals surface area contributed by atoms with Gasteiger partial charge in [-0.05, 0) is 5.92 Å². The van der Waals surface area contributed by atoms with Crippen molar-refractivity contribution in [2.24, 2.45) is 5.92 Å². The van der Waals surface area contributed by atoms with Crippen molar-refractivity contribution in [3.63, 3.8) is 0 Å². The predicted octanol–water partition coefficient (Wildman–Crippen LogP) is 8.70. The zero-order chi connectivity index (χ0) is 17.0. The zero-order valence-corrected chi connectivity index (χ0v) is 16.4. The first-order valence-electron chi connectivity index (χ1n) is 10.9. The molecule has 0 aromatic heterocycles. The van der Waals surface area contributed by atoms with Crippen LogP contribution in [0.15, 0.2) is 0 Å². The van der Waals surface area contributed by atoms with Gasteiger partial charge in [0.2, 0.25) is 0 Å². The molecule has 0 bridgehead atoms. The fourth-order valence-corrected chi connectivity index (χ4v) is 3.57. The van der Waals surface area contributed by atoms with E-state index in [9.17, 15) is 0 Å². The molecule has 0 heteroatoms. The van der Waals surface area contributed by atoms with Crippen molar-refractivity contribution < 1.29 is 0 Å². The van der Waals surface area contributed by atoms with E-state index < -0.39 is 0 Å². The fourth-order valence-electron chi connectivity index (χ4n) is 3.57. The first-order valence-corrected chi connectivity index (χ1v) is 10.9. The Morgan fingerprint density at radius 3 is 1.22 bits per heavy atom. The van der Waals surface area contributed by atoms with E-state index in [1.54, 1.807) is 0 Å². The van der Waals surface area contributed by atoms with Gasteiger partial charge in [0.05, 0.1) is 0 Å². The molecule has 0 aliphatic heterocycles. The van der Waals surface area contributed by atoms with Gasteiger partial charge in [0.15, 0.2) is 0 Å². The van der Waals surface area contributed by atoms with E-state index in [1.165, 1.54) is 109 Å². The van der Waals surface area contributed by atoms with Crippen molar-refractivity contribution in [2.45, 2.75) is 129 Å². The minimum absolute atomic E-state index is 0.950. The third-order valence-electron chi connectivity index (χ3n) is 5.30. The molecule has 0 rings (SSSR count). The highest BCUT2D eigenvalue weighted by Crippen LogP contribution is 2.19. The van der Waals surface area contributed by atoms with Gasteiger partial charge in [0.25, 0.3) is 0 Å². The highest BCUT2D eigenvalue weighted by Gasteiger charge is 2.04. The molecule has 0 saturated carbocycles. The lowest BCUT2D eigenvalue weighted by molar-refractivity contribution is 0.413. The lowest BCUT2D eigenvalue weighted by atomic mass is 9.94. The van der Waals surface area contributed by atoms with E-state index in [2.05, 4.69) is 20.8 Å². The summed E-state index contributed by atoms with van der Waals surface area (Å²) in [5, 5.41) is 0. The fraction of sp³-hybridized carbons (Fsp3) is 0.913. The second kappa shape index (κ2) is 20.0. The third kappa shape index (κ3) is 18.2. The van der Waals surface area contributed by atoms with Crippen LogP contribution in [0, 0.1) is 19.8 Å². The number of unbranched alkanes of at least 4 members (excludes halogenated alkanes) is 14. The van der Waals surface area contributed by atoms with E-state index >= 15 is 0 Å². The monoisotopic (exact) mass is 322 g/mol. The van der Waals surface area contributed by atoms with Crippen molar-refractivity contribution in [3.05, 3.63) is 13.8 Å². The van der Waals surface area contributed by atoms with Crippen LogP contribution in [-0.4, -0.2) is 0 Å². The van der Waals surface area contributed by atoms with Crippen LogP contribution >= 0.6 is 0 Å². The van der Waals surface area contributed by atoms with Crippen LogP contribution in [0.2, 0.25) is 0 Å². The second-order valence-corrected chi connectivity index (χ2v) is 7.51. The van der Waals surface area contributed by atoms with Gasteiger partial charge in [-0.1, -0.05) is 143 Å². The summed E-state index contributed by atoms with van der Waals surface area (Å²) in [6.45, 7) is 10.2. The third-order valence-corrected chi connectivity index (χ3v) is 5.30. The Labute approximate surface area is 149 Å². The lowest BCUT2D eigenvalue weighted by Crippen LogP contribution is -1.98. The van der Waals surface area contributed by atoms with Gasteiger partial charge in [0.1, 0.15) is 0 Å². The van der Waals surface area contributed by atoms with Crippen LogP contribution in [0.25, 0.3) is 0 Å². The molecule has 0 aliphatic rings. The van der Waals surface area contributed by atoms with E-state index in [0.29, 0.717) is 0 Å². The molecule has 2 radical (unpaired) electrons. The Bertz CT molecular complexity index is 196. The molecule has 1 unspecified atom stereocenters. The SMILES string of the molecule is [CH2]CCCCCCCCCCCCCCCCC(CC)CC[CH2]. The predicted molar refractivity (Wildman–Crippen MR) is 108 cm³/mol. The largest absolute Gasteiger partial charge is 0.0651 e. The molecular formula is C23H46. The smallest absolute Gasteiger partial charge is 0.0417 e. The summed E-state index contributed by atoms with van der Waals surface area (Å²) in [5.41, 5.74) is 0. The molecule has 0 N–H and O–H groups in total. The second-order valence-electron chi connectivity index (χ2n) is 7.51. The molecule has 23 heavy (non-hydrogen) atoms. The van der Waals surface area contributed by atoms with E-state index in [-0.39, 0.29) is 0 Å². The number of hydrogen-bond donors (Lipinski definition) is 0. The maximum atomic E-state index is 3.99. The Morgan fingerprint density at radius 1 is 0.478 bits per heavy atom. The molecule has 0 aromatic carbocycles. The quantitative estimate of drug-likeness (QED) is 0.209. The first-order chi connectivity index (χ1) is 11.3. The maximum absolute atomic E-state index is 3.99. The molecule has 0 saturated heterocycles. The molecule has 0 aromatic rings. The maximum Gasteiger partial charge on any atom is -0.0417 e. The van der Waals surface area contributed by atoms with Crippen LogP contribution < -0.4 is 0 Å². The van der Waals surface area contributed by atoms with Gasteiger partial charge >= 0.3 is 0 Å². The van der Waals surface area contributed by atoms with Gasteiger partial charge in [-0.3, -0.25) is 0 Å². The van der Waals surface area contributed by atoms with Crippen LogP contribution in [0.3, 0.4) is 0 Å². The lowest BCUT2D eigenvalue weighted by Gasteiger charge is -2.12. The molecule has 0 aliphatic carbocycles. The van der Waals surface area contributed by atoms with Gasteiger partial charge in [0, 0.05) is 0 Å². The standard InChI is InChI=1S/C23H46/c1-4-7-8-9-10-11-12-13-14-15-16-17-18-19-20-22-23(6-3)21-5-2/h23H,1-2,4-22H2,3H3. The van der Waals surface area contributed by atoms with Crippen molar-refractivity contribution in [1.29, 1.82) is 0 Å². The van der Waals surface area contributed by atoms with E-state index in [1.807, 2.05) is 0 Å². The number of rotatable bonds is 19. The molecule has 0 nitrogen and oxygen atoms in total. The Morgan fingerprint density at radius 2 is 0.870 bits per heavy atom. The molecule has 0 fully saturated rings. The van der Waals surface area contributed by atoms with E-state index in [0.717, 1.165) is 18.8 Å². The topological polar surface area (TPSA) is 0 Å². The Kier molecular flexibility index (Phi) is 20.0. The van der Waals surface area contributed by atoms with Crippen molar-refractivity contribution in [2.75, 3.05) is 0 Å². The average molecular weight is 323 g/mol. The summed E-state index contributed by atoms with van der Waals surface area (Å²) < 4.78 is 0. The van der Waals surface area contributed by atoms with Gasteiger partial charge in [-0.2, -0.15) is 0 Å². The van der Waals surface area contributed by atoms with Crippen LogP contribution in [-0.2, 0) is 0 Å². The number of hydrogen-bond acceptors (Lipinski definition) is 0. The highest BCUT2D eigenvalue weighted by molar-refractivity contribution is 4.59. The minimum atomic E-state index is 0.950. The summed E-state index contributed by atoms with van der Waals surface area (Å²) in [5.74, 6) is 0.950. The molecule has 0 amide bonds. The minimum Gasteiger partial charge on any atom is -0.0651 e. The van der Waals surface area contributed by atoms with Gasteiger partial charge in [-0.15, -0.1) is 0 Å².